The molecule has 2 N–H and O–H groups in total. The molecular weight excluding hydrogens is 404 g/mol. The van der Waals surface area contributed by atoms with Crippen molar-refractivity contribution in [3.8, 4) is 0 Å². The van der Waals surface area contributed by atoms with E-state index in [1.165, 1.54) is 0 Å². The van der Waals surface area contributed by atoms with E-state index < -0.39 is 29.6 Å². The number of carbonyl (C=O) groups is 4. The Balaban J connectivity index is 2.09. The maximum atomic E-state index is 12.8. The Hall–Kier alpha value is -3.04. The van der Waals surface area contributed by atoms with E-state index in [0.717, 1.165) is 0 Å². The summed E-state index contributed by atoms with van der Waals surface area (Å²) >= 11 is 0. The van der Waals surface area contributed by atoms with Crippen molar-refractivity contribution in [3.63, 3.8) is 0 Å². The molecule has 0 aliphatic carbocycles. The van der Waals surface area contributed by atoms with Gasteiger partial charge in [-0.25, -0.2) is 0 Å². The Morgan fingerprint density at radius 3 is 2.74 bits per heavy atom. The molecule has 9 nitrogen and oxygen atoms in total. The van der Waals surface area contributed by atoms with Gasteiger partial charge in [-0.3, -0.25) is 19.2 Å². The van der Waals surface area contributed by atoms with E-state index in [2.05, 4.69) is 10.6 Å². The first kappa shape index (κ1) is 24.2. The number of ketones is 1. The van der Waals surface area contributed by atoms with Gasteiger partial charge in [0.05, 0.1) is 39.5 Å². The van der Waals surface area contributed by atoms with E-state index in [1.807, 2.05) is 0 Å². The van der Waals surface area contributed by atoms with E-state index in [9.17, 15) is 19.2 Å². The molecule has 0 fully saturated rings. The van der Waals surface area contributed by atoms with E-state index in [-0.39, 0.29) is 32.6 Å². The molecule has 1 aromatic rings. The number of fused-ring (bicyclic) bond motifs is 1. The van der Waals surface area contributed by atoms with Crippen LogP contribution in [0.5, 0.6) is 0 Å². The van der Waals surface area contributed by atoms with Gasteiger partial charge in [-0.05, 0) is 25.0 Å². The highest BCUT2D eigenvalue weighted by molar-refractivity contribution is 6.38. The zero-order valence-corrected chi connectivity index (χ0v) is 17.6. The average molecular weight is 432 g/mol. The van der Waals surface area contributed by atoms with Crippen molar-refractivity contribution in [1.82, 2.24) is 10.6 Å². The number of nitrogens with one attached hydrogen (secondary N) is 2. The molecule has 1 heterocycles. The number of ether oxygens (including phenoxy) is 3. The summed E-state index contributed by atoms with van der Waals surface area (Å²) in [6.45, 7) is 3.20. The van der Waals surface area contributed by atoms with Gasteiger partial charge in [0.25, 0.3) is 11.8 Å². The molecule has 1 aromatic carbocycles. The standard InChI is InChI=1S/C22H28N2O7/c1-2-31-19(25)10-11-23-22(28)20(26)18-9-5-6-12-29-13-14-30-15-16-7-3-4-8-17(16)21(27)24-18/h3-8,18H,2,9-15H2,1H3,(H,23,28)(H,24,27)/b6-5-. The van der Waals surface area contributed by atoms with Crippen molar-refractivity contribution < 1.29 is 33.4 Å². The molecule has 2 rings (SSSR count). The zero-order valence-electron chi connectivity index (χ0n) is 17.6. The van der Waals surface area contributed by atoms with Crippen molar-refractivity contribution in [1.29, 1.82) is 0 Å². The predicted molar refractivity (Wildman–Crippen MR) is 111 cm³/mol. The largest absolute Gasteiger partial charge is 0.466 e. The normalized spacial score (nSPS) is 18.6. The lowest BCUT2D eigenvalue weighted by atomic mass is 10.0. The number of esters is 1. The number of carbonyl (C=O) groups excluding carboxylic acids is 4. The third-order valence-corrected chi connectivity index (χ3v) is 4.41. The minimum absolute atomic E-state index is 0.0338. The second kappa shape index (κ2) is 13.3. The van der Waals surface area contributed by atoms with Crippen molar-refractivity contribution in [2.24, 2.45) is 0 Å². The smallest absolute Gasteiger partial charge is 0.307 e. The molecule has 0 bridgehead atoms. The summed E-state index contributed by atoms with van der Waals surface area (Å²) in [6.07, 6.45) is 3.46. The summed E-state index contributed by atoms with van der Waals surface area (Å²) in [5, 5.41) is 5.04. The van der Waals surface area contributed by atoms with Crippen LogP contribution in [0.3, 0.4) is 0 Å². The van der Waals surface area contributed by atoms with Gasteiger partial charge in [0.15, 0.2) is 0 Å². The first-order chi connectivity index (χ1) is 15.0. The van der Waals surface area contributed by atoms with Gasteiger partial charge in [0, 0.05) is 12.1 Å². The summed E-state index contributed by atoms with van der Waals surface area (Å²) in [4.78, 5) is 49.1. The molecule has 9 heteroatoms. The van der Waals surface area contributed by atoms with Crippen molar-refractivity contribution in [3.05, 3.63) is 47.5 Å². The molecule has 1 aliphatic heterocycles. The molecule has 1 atom stereocenters. The summed E-state index contributed by atoms with van der Waals surface area (Å²) in [7, 11) is 0. The van der Waals surface area contributed by atoms with Gasteiger partial charge in [-0.2, -0.15) is 0 Å². The minimum atomic E-state index is -1.07. The Bertz CT molecular complexity index is 807. The average Bonchev–Trinajstić information content (AvgIpc) is 2.76. The maximum absolute atomic E-state index is 12.8. The zero-order chi connectivity index (χ0) is 22.5. The van der Waals surface area contributed by atoms with Crippen LogP contribution < -0.4 is 10.6 Å². The third kappa shape index (κ3) is 8.31. The van der Waals surface area contributed by atoms with Crippen LogP contribution in [0, 0.1) is 0 Å². The SMILES string of the molecule is CCOC(=O)CCNC(=O)C(=O)C1C/C=C\COCCOCc2ccccc2C(=O)N1. The Morgan fingerprint density at radius 1 is 1.16 bits per heavy atom. The number of benzene rings is 1. The number of Topliss-reactive ketones (excluding diaryl/α,β-unsaturated/α-hetero) is 1. The van der Waals surface area contributed by atoms with Gasteiger partial charge in [0.2, 0.25) is 5.78 Å². The van der Waals surface area contributed by atoms with Crippen molar-refractivity contribution in [2.45, 2.75) is 32.4 Å². The molecule has 31 heavy (non-hydrogen) atoms. The van der Waals surface area contributed by atoms with Gasteiger partial charge in [-0.1, -0.05) is 30.4 Å². The summed E-state index contributed by atoms with van der Waals surface area (Å²) in [6, 6.07) is 5.83. The second-order valence-corrected chi connectivity index (χ2v) is 6.69. The van der Waals surface area contributed by atoms with Gasteiger partial charge in [-0.15, -0.1) is 0 Å². The molecule has 0 aromatic heterocycles. The Morgan fingerprint density at radius 2 is 1.94 bits per heavy atom. The highest BCUT2D eigenvalue weighted by Crippen LogP contribution is 2.12. The highest BCUT2D eigenvalue weighted by atomic mass is 16.5. The monoisotopic (exact) mass is 432 g/mol. The predicted octanol–water partition coefficient (Wildman–Crippen LogP) is 0.917. The van der Waals surface area contributed by atoms with Crippen LogP contribution >= 0.6 is 0 Å². The summed E-state index contributed by atoms with van der Waals surface area (Å²) < 4.78 is 15.7. The number of hydrogen-bond donors (Lipinski definition) is 2. The lowest BCUT2D eigenvalue weighted by Crippen LogP contribution is -2.47. The first-order valence-corrected chi connectivity index (χ1v) is 10.2. The fourth-order valence-electron chi connectivity index (χ4n) is 2.84. The molecule has 0 saturated heterocycles. The molecular formula is C22H28N2O7. The lowest BCUT2D eigenvalue weighted by Gasteiger charge is -2.18. The lowest BCUT2D eigenvalue weighted by molar-refractivity contribution is -0.143. The van der Waals surface area contributed by atoms with Crippen LogP contribution in [0.25, 0.3) is 0 Å². The Kier molecular flexibility index (Phi) is 10.4. The van der Waals surface area contributed by atoms with Crippen LogP contribution in [0.4, 0.5) is 0 Å². The van der Waals surface area contributed by atoms with Gasteiger partial charge in [0.1, 0.15) is 6.04 Å². The minimum Gasteiger partial charge on any atom is -0.466 e. The molecule has 168 valence electrons. The van der Waals surface area contributed by atoms with E-state index in [4.69, 9.17) is 14.2 Å². The van der Waals surface area contributed by atoms with Crippen molar-refractivity contribution in [2.75, 3.05) is 33.0 Å². The van der Waals surface area contributed by atoms with E-state index in [1.54, 1.807) is 43.3 Å². The first-order valence-electron chi connectivity index (χ1n) is 10.2. The molecule has 1 unspecified atom stereocenters. The molecule has 0 radical (unpaired) electrons. The summed E-state index contributed by atoms with van der Waals surface area (Å²) in [5.41, 5.74) is 1.03. The molecule has 0 saturated carbocycles. The van der Waals surface area contributed by atoms with E-state index in [0.29, 0.717) is 30.9 Å². The number of amides is 2. The third-order valence-electron chi connectivity index (χ3n) is 4.41. The highest BCUT2D eigenvalue weighted by Gasteiger charge is 2.27. The molecule has 2 amide bonds. The quantitative estimate of drug-likeness (QED) is 0.390. The van der Waals surface area contributed by atoms with Crippen LogP contribution in [0.2, 0.25) is 0 Å². The fourth-order valence-corrected chi connectivity index (χ4v) is 2.84. The van der Waals surface area contributed by atoms with Crippen LogP contribution in [0.15, 0.2) is 36.4 Å². The molecule has 0 spiro atoms. The topological polar surface area (TPSA) is 120 Å². The molecule has 1 aliphatic rings. The number of hydrogen-bond acceptors (Lipinski definition) is 7. The van der Waals surface area contributed by atoms with Gasteiger partial charge < -0.3 is 24.8 Å². The van der Waals surface area contributed by atoms with Crippen LogP contribution in [-0.2, 0) is 35.2 Å². The van der Waals surface area contributed by atoms with Crippen LogP contribution in [-0.4, -0.2) is 62.6 Å². The van der Waals surface area contributed by atoms with Crippen LogP contribution in [0.1, 0.15) is 35.7 Å². The maximum Gasteiger partial charge on any atom is 0.307 e. The Labute approximate surface area is 181 Å². The fraction of sp³-hybridized carbons (Fsp3) is 0.455. The summed E-state index contributed by atoms with van der Waals surface area (Å²) in [5.74, 6) is -2.62. The van der Waals surface area contributed by atoms with E-state index >= 15 is 0 Å². The second-order valence-electron chi connectivity index (χ2n) is 6.69. The number of rotatable bonds is 6. The van der Waals surface area contributed by atoms with Gasteiger partial charge >= 0.3 is 5.97 Å². The van der Waals surface area contributed by atoms with Crippen molar-refractivity contribution >= 4 is 23.6 Å².